The fraction of sp³-hybridized carbons (Fsp3) is 0. The van der Waals surface area contributed by atoms with Crippen molar-refractivity contribution in [1.29, 1.82) is 0 Å². The summed E-state index contributed by atoms with van der Waals surface area (Å²) < 4.78 is 1.62. The third-order valence-corrected chi connectivity index (χ3v) is 3.35. The van der Waals surface area contributed by atoms with Crippen molar-refractivity contribution in [2.24, 2.45) is 0 Å². The molecule has 0 aliphatic carbocycles. The molecule has 3 aromatic rings. The van der Waals surface area contributed by atoms with Crippen LogP contribution in [-0.4, -0.2) is 14.6 Å². The summed E-state index contributed by atoms with van der Waals surface area (Å²) in [6.45, 7) is 0. The summed E-state index contributed by atoms with van der Waals surface area (Å²) >= 11 is 11.9. The summed E-state index contributed by atoms with van der Waals surface area (Å²) in [7, 11) is 0. The van der Waals surface area contributed by atoms with E-state index in [4.69, 9.17) is 28.9 Å². The zero-order chi connectivity index (χ0) is 12.7. The van der Waals surface area contributed by atoms with Crippen molar-refractivity contribution in [3.63, 3.8) is 0 Å². The van der Waals surface area contributed by atoms with Gasteiger partial charge in [-0.05, 0) is 35.4 Å². The molecule has 0 spiro atoms. The minimum Gasteiger partial charge on any atom is -0.366 e. The number of fused-ring (bicyclic) bond motifs is 1. The van der Waals surface area contributed by atoms with E-state index in [9.17, 15) is 0 Å². The first-order valence-corrected chi connectivity index (χ1v) is 5.96. The molecule has 0 radical (unpaired) electrons. The first-order chi connectivity index (χ1) is 8.63. The van der Waals surface area contributed by atoms with Crippen LogP contribution in [0.15, 0.2) is 36.5 Å². The lowest BCUT2D eigenvalue weighted by atomic mass is 10.1. The molecule has 1 aromatic carbocycles. The second kappa shape index (κ2) is 4.15. The average Bonchev–Trinajstić information content (AvgIpc) is 2.71. The molecule has 2 aromatic heterocycles. The molecule has 0 atom stereocenters. The van der Waals surface area contributed by atoms with Gasteiger partial charge < -0.3 is 5.73 Å². The van der Waals surface area contributed by atoms with Gasteiger partial charge in [-0.1, -0.05) is 29.3 Å². The van der Waals surface area contributed by atoms with E-state index in [1.807, 2.05) is 24.3 Å². The van der Waals surface area contributed by atoms with Crippen molar-refractivity contribution in [3.05, 3.63) is 46.6 Å². The number of halogens is 2. The minimum absolute atomic E-state index is 0.251. The third-order valence-electron chi connectivity index (χ3n) is 2.61. The molecule has 0 saturated carbocycles. The van der Waals surface area contributed by atoms with Crippen LogP contribution in [0.1, 0.15) is 0 Å². The standard InChI is InChI=1S/C12H8Cl2N4/c13-9-2-1-7(5-10(9)14)8-3-4-18-11(6-8)16-12(15)17-18/h1-6H,(H2,15,17). The number of nitrogens with two attached hydrogens (primary N) is 1. The SMILES string of the molecule is Nc1nc2cc(-c3ccc(Cl)c(Cl)c3)ccn2n1. The summed E-state index contributed by atoms with van der Waals surface area (Å²) in [5.41, 5.74) is 8.18. The molecule has 4 nitrogen and oxygen atoms in total. The average molecular weight is 279 g/mol. The summed E-state index contributed by atoms with van der Waals surface area (Å²) in [5.74, 6) is 0.251. The van der Waals surface area contributed by atoms with Crippen LogP contribution in [0.2, 0.25) is 10.0 Å². The normalized spacial score (nSPS) is 11.0. The van der Waals surface area contributed by atoms with Crippen LogP contribution in [0.5, 0.6) is 0 Å². The van der Waals surface area contributed by atoms with Gasteiger partial charge in [-0.2, -0.15) is 4.98 Å². The predicted molar refractivity (Wildman–Crippen MR) is 72.9 cm³/mol. The molecule has 18 heavy (non-hydrogen) atoms. The Morgan fingerprint density at radius 2 is 1.78 bits per heavy atom. The van der Waals surface area contributed by atoms with Gasteiger partial charge in [0.2, 0.25) is 5.95 Å². The van der Waals surface area contributed by atoms with Crippen molar-refractivity contribution >= 4 is 34.8 Å². The molecule has 0 unspecified atom stereocenters. The van der Waals surface area contributed by atoms with E-state index in [1.54, 1.807) is 16.8 Å². The number of hydrogen-bond acceptors (Lipinski definition) is 3. The lowest BCUT2D eigenvalue weighted by molar-refractivity contribution is 0.968. The van der Waals surface area contributed by atoms with Gasteiger partial charge >= 0.3 is 0 Å². The molecule has 6 heteroatoms. The van der Waals surface area contributed by atoms with Gasteiger partial charge in [-0.15, -0.1) is 5.10 Å². The summed E-state index contributed by atoms with van der Waals surface area (Å²) in [4.78, 5) is 4.11. The van der Waals surface area contributed by atoms with Crippen LogP contribution in [0, 0.1) is 0 Å². The monoisotopic (exact) mass is 278 g/mol. The third kappa shape index (κ3) is 1.89. The smallest absolute Gasteiger partial charge is 0.240 e. The first-order valence-electron chi connectivity index (χ1n) is 5.21. The van der Waals surface area contributed by atoms with E-state index >= 15 is 0 Å². The molecule has 2 heterocycles. The van der Waals surface area contributed by atoms with E-state index in [-0.39, 0.29) is 5.95 Å². The molecule has 0 aliphatic rings. The van der Waals surface area contributed by atoms with Gasteiger partial charge in [-0.25, -0.2) is 4.52 Å². The topological polar surface area (TPSA) is 56.2 Å². The van der Waals surface area contributed by atoms with Gasteiger partial charge in [0.05, 0.1) is 10.0 Å². The Labute approximate surface area is 113 Å². The molecule has 3 rings (SSSR count). The maximum absolute atomic E-state index is 6.00. The largest absolute Gasteiger partial charge is 0.366 e. The Hall–Kier alpha value is -1.78. The van der Waals surface area contributed by atoms with Gasteiger partial charge in [0, 0.05) is 6.20 Å². The van der Waals surface area contributed by atoms with E-state index in [2.05, 4.69) is 10.1 Å². The summed E-state index contributed by atoms with van der Waals surface area (Å²) in [6, 6.07) is 9.29. The molecular weight excluding hydrogens is 271 g/mol. The lowest BCUT2D eigenvalue weighted by Gasteiger charge is -2.03. The number of benzene rings is 1. The Morgan fingerprint density at radius 1 is 1.00 bits per heavy atom. The highest BCUT2D eigenvalue weighted by atomic mass is 35.5. The summed E-state index contributed by atoms with van der Waals surface area (Å²) in [6.07, 6.45) is 1.80. The number of anilines is 1. The molecule has 0 bridgehead atoms. The zero-order valence-electron chi connectivity index (χ0n) is 9.14. The number of nitrogen functional groups attached to an aromatic ring is 1. The Kier molecular flexibility index (Phi) is 2.61. The van der Waals surface area contributed by atoms with Crippen LogP contribution in [-0.2, 0) is 0 Å². The molecule has 0 fully saturated rings. The highest BCUT2D eigenvalue weighted by molar-refractivity contribution is 6.42. The van der Waals surface area contributed by atoms with Crippen LogP contribution in [0.3, 0.4) is 0 Å². The van der Waals surface area contributed by atoms with Crippen LogP contribution < -0.4 is 5.73 Å². The maximum atomic E-state index is 6.00. The molecule has 2 N–H and O–H groups in total. The zero-order valence-corrected chi connectivity index (χ0v) is 10.7. The van der Waals surface area contributed by atoms with E-state index in [0.29, 0.717) is 15.7 Å². The number of pyridine rings is 1. The van der Waals surface area contributed by atoms with Gasteiger partial charge in [0.15, 0.2) is 5.65 Å². The predicted octanol–water partition coefficient (Wildman–Crippen LogP) is 3.29. The van der Waals surface area contributed by atoms with Crippen LogP contribution >= 0.6 is 23.2 Å². The minimum atomic E-state index is 0.251. The Bertz CT molecular complexity index is 736. The molecule has 90 valence electrons. The van der Waals surface area contributed by atoms with Crippen molar-refractivity contribution in [2.75, 3.05) is 5.73 Å². The number of aromatic nitrogens is 3. The number of hydrogen-bond donors (Lipinski definition) is 1. The fourth-order valence-electron chi connectivity index (χ4n) is 1.75. The second-order valence-corrected chi connectivity index (χ2v) is 4.63. The first kappa shape index (κ1) is 11.3. The van der Waals surface area contributed by atoms with Crippen molar-refractivity contribution in [2.45, 2.75) is 0 Å². The lowest BCUT2D eigenvalue weighted by Crippen LogP contribution is -1.89. The van der Waals surface area contributed by atoms with E-state index in [1.165, 1.54) is 0 Å². The van der Waals surface area contributed by atoms with Crippen molar-refractivity contribution in [1.82, 2.24) is 14.6 Å². The van der Waals surface area contributed by atoms with Crippen molar-refractivity contribution in [3.8, 4) is 11.1 Å². The molecular formula is C12H8Cl2N4. The van der Waals surface area contributed by atoms with Gasteiger partial charge in [-0.3, -0.25) is 0 Å². The quantitative estimate of drug-likeness (QED) is 0.743. The van der Waals surface area contributed by atoms with Crippen LogP contribution in [0.4, 0.5) is 5.95 Å². The van der Waals surface area contributed by atoms with Gasteiger partial charge in [0.1, 0.15) is 0 Å². The summed E-state index contributed by atoms with van der Waals surface area (Å²) in [5, 5.41) is 5.07. The highest BCUT2D eigenvalue weighted by Gasteiger charge is 2.05. The second-order valence-electron chi connectivity index (χ2n) is 3.82. The Balaban J connectivity index is 2.15. The van der Waals surface area contributed by atoms with E-state index in [0.717, 1.165) is 11.1 Å². The number of rotatable bonds is 1. The van der Waals surface area contributed by atoms with Crippen molar-refractivity contribution < 1.29 is 0 Å². The molecule has 0 amide bonds. The maximum Gasteiger partial charge on any atom is 0.240 e. The fourth-order valence-corrected chi connectivity index (χ4v) is 2.05. The number of nitrogens with zero attached hydrogens (tertiary/aromatic N) is 3. The van der Waals surface area contributed by atoms with E-state index < -0.39 is 0 Å². The Morgan fingerprint density at radius 3 is 2.56 bits per heavy atom. The highest BCUT2D eigenvalue weighted by Crippen LogP contribution is 2.28. The van der Waals surface area contributed by atoms with Gasteiger partial charge in [0.25, 0.3) is 0 Å². The molecule has 0 saturated heterocycles. The van der Waals surface area contributed by atoms with Crippen LogP contribution in [0.25, 0.3) is 16.8 Å². The molecule has 0 aliphatic heterocycles.